The van der Waals surface area contributed by atoms with Gasteiger partial charge in [-0.05, 0) is 50.9 Å². The van der Waals surface area contributed by atoms with Crippen LogP contribution in [0, 0.1) is 6.92 Å². The first-order valence-corrected chi connectivity index (χ1v) is 7.57. The molecular formula is C16H21ClN4O2. The summed E-state index contributed by atoms with van der Waals surface area (Å²) in [4.78, 5) is 29.0. The largest absolute Gasteiger partial charge is 0.349 e. The fourth-order valence-electron chi connectivity index (χ4n) is 2.86. The van der Waals surface area contributed by atoms with Crippen molar-refractivity contribution in [2.75, 3.05) is 6.54 Å². The first kappa shape index (κ1) is 17.4. The number of halogens is 1. The van der Waals surface area contributed by atoms with Crippen molar-refractivity contribution in [3.63, 3.8) is 0 Å². The Morgan fingerprint density at radius 2 is 2.26 bits per heavy atom. The van der Waals surface area contributed by atoms with Crippen LogP contribution in [0.4, 0.5) is 0 Å². The highest BCUT2D eigenvalue weighted by molar-refractivity contribution is 5.93. The van der Waals surface area contributed by atoms with Gasteiger partial charge in [-0.3, -0.25) is 14.0 Å². The monoisotopic (exact) mass is 336 g/mol. The first-order valence-electron chi connectivity index (χ1n) is 7.57. The van der Waals surface area contributed by atoms with Crippen molar-refractivity contribution in [1.29, 1.82) is 0 Å². The highest BCUT2D eigenvalue weighted by Crippen LogP contribution is 2.09. The lowest BCUT2D eigenvalue weighted by Gasteiger charge is -2.28. The molecule has 2 unspecified atom stereocenters. The van der Waals surface area contributed by atoms with Gasteiger partial charge >= 0.3 is 0 Å². The second-order valence-electron chi connectivity index (χ2n) is 5.96. The molecule has 0 bridgehead atoms. The predicted octanol–water partition coefficient (Wildman–Crippen LogP) is 1.30. The second-order valence-corrected chi connectivity index (χ2v) is 5.96. The maximum atomic E-state index is 12.4. The van der Waals surface area contributed by atoms with Crippen molar-refractivity contribution in [3.8, 4) is 0 Å². The van der Waals surface area contributed by atoms with E-state index in [1.54, 1.807) is 6.20 Å². The number of hydrogen-bond donors (Lipinski definition) is 2. The van der Waals surface area contributed by atoms with E-state index in [4.69, 9.17) is 0 Å². The van der Waals surface area contributed by atoms with Crippen LogP contribution in [0.25, 0.3) is 5.65 Å². The third-order valence-corrected chi connectivity index (χ3v) is 4.07. The number of piperidine rings is 1. The van der Waals surface area contributed by atoms with Crippen molar-refractivity contribution in [3.05, 3.63) is 46.0 Å². The van der Waals surface area contributed by atoms with E-state index in [0.717, 1.165) is 24.9 Å². The van der Waals surface area contributed by atoms with Gasteiger partial charge in [0, 0.05) is 24.5 Å². The lowest BCUT2D eigenvalue weighted by atomic mass is 10.0. The molecule has 124 valence electrons. The van der Waals surface area contributed by atoms with Gasteiger partial charge in [-0.1, -0.05) is 0 Å². The van der Waals surface area contributed by atoms with Crippen LogP contribution in [0.2, 0.25) is 0 Å². The van der Waals surface area contributed by atoms with E-state index in [-0.39, 0.29) is 35.5 Å². The molecule has 2 aromatic heterocycles. The highest BCUT2D eigenvalue weighted by Gasteiger charge is 2.22. The van der Waals surface area contributed by atoms with Crippen molar-refractivity contribution in [2.45, 2.75) is 38.8 Å². The Morgan fingerprint density at radius 3 is 3.00 bits per heavy atom. The van der Waals surface area contributed by atoms with Gasteiger partial charge in [0.25, 0.3) is 11.5 Å². The van der Waals surface area contributed by atoms with Crippen molar-refractivity contribution in [1.82, 2.24) is 20.0 Å². The molecule has 3 heterocycles. The van der Waals surface area contributed by atoms with E-state index in [9.17, 15) is 9.59 Å². The average Bonchev–Trinajstić information content (AvgIpc) is 2.47. The van der Waals surface area contributed by atoms with Gasteiger partial charge < -0.3 is 10.6 Å². The minimum atomic E-state index is -0.341. The van der Waals surface area contributed by atoms with E-state index in [2.05, 4.69) is 22.5 Å². The molecule has 1 fully saturated rings. The Kier molecular flexibility index (Phi) is 5.38. The highest BCUT2D eigenvalue weighted by atomic mass is 35.5. The predicted molar refractivity (Wildman–Crippen MR) is 91.4 cm³/mol. The van der Waals surface area contributed by atoms with Gasteiger partial charge in [-0.2, -0.15) is 0 Å². The maximum Gasteiger partial charge on any atom is 0.270 e. The van der Waals surface area contributed by atoms with Crippen LogP contribution in [0.1, 0.15) is 35.7 Å². The normalized spacial score (nSPS) is 20.8. The number of rotatable bonds is 2. The molecule has 0 saturated carbocycles. The van der Waals surface area contributed by atoms with Gasteiger partial charge in [-0.15, -0.1) is 12.4 Å². The molecule has 7 heteroatoms. The third-order valence-electron chi connectivity index (χ3n) is 4.07. The van der Waals surface area contributed by atoms with E-state index in [1.807, 2.05) is 19.1 Å². The van der Waals surface area contributed by atoms with Crippen LogP contribution < -0.4 is 16.2 Å². The summed E-state index contributed by atoms with van der Waals surface area (Å²) in [6.45, 7) is 4.90. The molecule has 1 saturated heterocycles. The molecule has 1 aliphatic heterocycles. The number of pyridine rings is 1. The molecule has 6 nitrogen and oxygen atoms in total. The van der Waals surface area contributed by atoms with Gasteiger partial charge in [0.1, 0.15) is 11.2 Å². The van der Waals surface area contributed by atoms with Gasteiger partial charge in [0.2, 0.25) is 0 Å². The van der Waals surface area contributed by atoms with E-state index in [1.165, 1.54) is 10.6 Å². The van der Waals surface area contributed by atoms with Crippen LogP contribution in [0.3, 0.4) is 0 Å². The number of hydrogen-bond acceptors (Lipinski definition) is 4. The number of aryl methyl sites for hydroxylation is 1. The summed E-state index contributed by atoms with van der Waals surface area (Å²) in [5.74, 6) is -0.341. The minimum absolute atomic E-state index is 0. The fraction of sp³-hybridized carbons (Fsp3) is 0.438. The van der Waals surface area contributed by atoms with E-state index in [0.29, 0.717) is 11.7 Å². The summed E-state index contributed by atoms with van der Waals surface area (Å²) >= 11 is 0. The summed E-state index contributed by atoms with van der Waals surface area (Å²) in [5.41, 5.74) is 1.34. The van der Waals surface area contributed by atoms with Crippen LogP contribution in [0.15, 0.2) is 29.3 Å². The van der Waals surface area contributed by atoms with E-state index < -0.39 is 0 Å². The molecule has 2 atom stereocenters. The number of carbonyl (C=O) groups excluding carboxylic acids is 1. The molecule has 0 spiro atoms. The van der Waals surface area contributed by atoms with Gasteiger partial charge in [0.05, 0.1) is 0 Å². The van der Waals surface area contributed by atoms with Crippen molar-refractivity contribution < 1.29 is 4.79 Å². The molecule has 2 aromatic rings. The Balaban J connectivity index is 0.00000192. The Hall–Kier alpha value is -1.92. The molecule has 3 rings (SSSR count). The quantitative estimate of drug-likeness (QED) is 0.866. The number of nitrogens with zero attached hydrogens (tertiary/aromatic N) is 2. The summed E-state index contributed by atoms with van der Waals surface area (Å²) in [6.07, 6.45) is 4.77. The summed E-state index contributed by atoms with van der Waals surface area (Å²) < 4.78 is 1.41. The first-order chi connectivity index (χ1) is 10.5. The molecule has 0 aliphatic carbocycles. The lowest BCUT2D eigenvalue weighted by Crippen LogP contribution is -2.47. The fourth-order valence-corrected chi connectivity index (χ4v) is 2.86. The Morgan fingerprint density at radius 1 is 1.48 bits per heavy atom. The van der Waals surface area contributed by atoms with Gasteiger partial charge in [0.15, 0.2) is 0 Å². The minimum Gasteiger partial charge on any atom is -0.349 e. The average molecular weight is 337 g/mol. The molecule has 1 aliphatic rings. The molecule has 2 N–H and O–H groups in total. The zero-order valence-corrected chi connectivity index (χ0v) is 14.0. The van der Waals surface area contributed by atoms with Crippen LogP contribution in [-0.2, 0) is 0 Å². The Labute approximate surface area is 140 Å². The standard InChI is InChI=1S/C16H20N4O2.ClH/c1-10-4-6-20-14(7-10)18-9-13(16(20)22)15(21)19-12-3-5-17-11(2)8-12;/h4,6-7,9,11-12,17H,3,5,8H2,1-2H3,(H,19,21);1H. The van der Waals surface area contributed by atoms with Crippen molar-refractivity contribution in [2.24, 2.45) is 0 Å². The maximum absolute atomic E-state index is 12.4. The van der Waals surface area contributed by atoms with Crippen LogP contribution in [-0.4, -0.2) is 33.9 Å². The smallest absolute Gasteiger partial charge is 0.270 e. The number of nitrogens with one attached hydrogen (secondary N) is 2. The number of amides is 1. The van der Waals surface area contributed by atoms with Crippen LogP contribution >= 0.6 is 12.4 Å². The summed E-state index contributed by atoms with van der Waals surface area (Å²) in [5, 5.41) is 6.29. The molecule has 23 heavy (non-hydrogen) atoms. The molecule has 0 radical (unpaired) electrons. The number of aromatic nitrogens is 2. The molecule has 1 amide bonds. The third kappa shape index (κ3) is 3.71. The molecular weight excluding hydrogens is 316 g/mol. The topological polar surface area (TPSA) is 75.5 Å². The number of carbonyl (C=O) groups is 1. The van der Waals surface area contributed by atoms with Crippen LogP contribution in [0.5, 0.6) is 0 Å². The molecule has 0 aromatic carbocycles. The zero-order chi connectivity index (χ0) is 15.7. The zero-order valence-electron chi connectivity index (χ0n) is 13.2. The number of fused-ring (bicyclic) bond motifs is 1. The SMILES string of the molecule is Cc1ccn2c(=O)c(C(=O)NC3CCNC(C)C3)cnc2c1.Cl. The van der Waals surface area contributed by atoms with E-state index >= 15 is 0 Å². The lowest BCUT2D eigenvalue weighted by molar-refractivity contribution is 0.0923. The Bertz CT molecular complexity index is 774. The second kappa shape index (κ2) is 7.10. The van der Waals surface area contributed by atoms with Gasteiger partial charge in [-0.25, -0.2) is 4.98 Å². The van der Waals surface area contributed by atoms with Crippen molar-refractivity contribution >= 4 is 24.0 Å². The summed E-state index contributed by atoms with van der Waals surface area (Å²) in [7, 11) is 0. The summed E-state index contributed by atoms with van der Waals surface area (Å²) in [6, 6.07) is 4.11.